The zero-order valence-electron chi connectivity index (χ0n) is 16.8. The zero-order chi connectivity index (χ0) is 22.3. The van der Waals surface area contributed by atoms with Crippen LogP contribution < -0.4 is 4.90 Å². The van der Waals surface area contributed by atoms with Crippen LogP contribution in [0.1, 0.15) is 36.7 Å². The van der Waals surface area contributed by atoms with Crippen LogP contribution in [0.2, 0.25) is 0 Å². The predicted molar refractivity (Wildman–Crippen MR) is 104 cm³/mol. The van der Waals surface area contributed by atoms with E-state index in [0.717, 1.165) is 18.3 Å². The van der Waals surface area contributed by atoms with Gasteiger partial charge in [-0.15, -0.1) is 0 Å². The lowest BCUT2D eigenvalue weighted by Gasteiger charge is -2.37. The van der Waals surface area contributed by atoms with E-state index in [0.29, 0.717) is 37.3 Å². The molecule has 2 aromatic rings. The number of nitrogens with zero attached hydrogens (tertiary/aromatic N) is 3. The Hall–Kier alpha value is -3.04. The van der Waals surface area contributed by atoms with Gasteiger partial charge in [-0.2, -0.15) is 13.2 Å². The molecule has 0 unspecified atom stereocenters. The monoisotopic (exact) mass is 425 g/mol. The van der Waals surface area contributed by atoms with Crippen LogP contribution in [-0.4, -0.2) is 58.8 Å². The van der Waals surface area contributed by atoms with Crippen molar-refractivity contribution in [2.45, 2.75) is 32.5 Å². The molecule has 0 bridgehead atoms. The van der Waals surface area contributed by atoms with Gasteiger partial charge in [0.1, 0.15) is 11.2 Å². The Bertz CT molecular complexity index is 978. The van der Waals surface area contributed by atoms with Gasteiger partial charge in [0.15, 0.2) is 0 Å². The number of carbonyl (C=O) groups is 2. The van der Waals surface area contributed by atoms with Crippen LogP contribution in [0.3, 0.4) is 0 Å². The molecular weight excluding hydrogens is 403 g/mol. The fraction of sp³-hybridized carbons (Fsp3) is 0.450. The molecule has 1 aromatic carbocycles. The fourth-order valence-corrected chi connectivity index (χ4v) is 3.29. The number of benzene rings is 1. The van der Waals surface area contributed by atoms with Crippen LogP contribution in [0.25, 0.3) is 10.9 Å². The first-order valence-corrected chi connectivity index (χ1v) is 9.33. The number of hydrogen-bond acceptors (Lipinski definition) is 5. The highest BCUT2D eigenvalue weighted by Crippen LogP contribution is 2.35. The number of amides is 1. The lowest BCUT2D eigenvalue weighted by molar-refractivity contribution is -0.137. The average molecular weight is 425 g/mol. The normalized spacial score (nSPS) is 15.4. The van der Waals surface area contributed by atoms with Crippen molar-refractivity contribution in [3.8, 4) is 0 Å². The molecule has 0 radical (unpaired) electrons. The van der Waals surface area contributed by atoms with Gasteiger partial charge in [0.25, 0.3) is 0 Å². The molecule has 7 nitrogen and oxygen atoms in total. The van der Waals surface area contributed by atoms with E-state index in [4.69, 9.17) is 4.74 Å². The van der Waals surface area contributed by atoms with E-state index < -0.39 is 29.4 Å². The number of hydrogen-bond donors (Lipinski definition) is 1. The molecule has 1 fully saturated rings. The highest BCUT2D eigenvalue weighted by Gasteiger charge is 2.32. The third-order valence-electron chi connectivity index (χ3n) is 4.65. The minimum Gasteiger partial charge on any atom is -0.478 e. The van der Waals surface area contributed by atoms with E-state index in [1.807, 2.05) is 0 Å². The largest absolute Gasteiger partial charge is 0.478 e. The Kier molecular flexibility index (Phi) is 5.53. The van der Waals surface area contributed by atoms with Gasteiger partial charge in [0, 0.05) is 37.8 Å². The molecule has 0 saturated carbocycles. The van der Waals surface area contributed by atoms with Crippen molar-refractivity contribution in [1.82, 2.24) is 9.88 Å². The highest BCUT2D eigenvalue weighted by atomic mass is 19.4. The number of alkyl halides is 3. The van der Waals surface area contributed by atoms with Gasteiger partial charge in [0.2, 0.25) is 0 Å². The number of ether oxygens (including phenoxy) is 1. The highest BCUT2D eigenvalue weighted by molar-refractivity contribution is 6.04. The summed E-state index contributed by atoms with van der Waals surface area (Å²) < 4.78 is 44.5. The third-order valence-corrected chi connectivity index (χ3v) is 4.65. The maximum absolute atomic E-state index is 13.0. The Morgan fingerprint density at radius 3 is 2.27 bits per heavy atom. The van der Waals surface area contributed by atoms with E-state index in [2.05, 4.69) is 4.98 Å². The van der Waals surface area contributed by atoms with E-state index in [1.165, 1.54) is 11.0 Å². The number of pyridine rings is 1. The van der Waals surface area contributed by atoms with E-state index in [9.17, 15) is 27.9 Å². The van der Waals surface area contributed by atoms with Crippen LogP contribution >= 0.6 is 0 Å². The average Bonchev–Trinajstić information content (AvgIpc) is 2.64. The molecule has 0 spiro atoms. The molecule has 1 aromatic heterocycles. The van der Waals surface area contributed by atoms with E-state index in [1.54, 1.807) is 25.7 Å². The minimum absolute atomic E-state index is 0.0550. The van der Waals surface area contributed by atoms with Crippen LogP contribution in [-0.2, 0) is 10.9 Å². The van der Waals surface area contributed by atoms with Gasteiger partial charge in [-0.05, 0) is 32.9 Å². The third kappa shape index (κ3) is 4.58. The lowest BCUT2D eigenvalue weighted by Crippen LogP contribution is -2.50. The van der Waals surface area contributed by atoms with Crippen molar-refractivity contribution in [1.29, 1.82) is 0 Å². The number of carboxylic acid groups (broad SMARTS) is 1. The Balaban J connectivity index is 1.92. The number of carbonyl (C=O) groups excluding carboxylic acids is 1. The molecule has 3 rings (SSSR count). The molecule has 1 aliphatic rings. The maximum atomic E-state index is 13.0. The molecule has 162 valence electrons. The van der Waals surface area contributed by atoms with Gasteiger partial charge < -0.3 is 19.6 Å². The number of aromatic carboxylic acids is 1. The first-order valence-electron chi connectivity index (χ1n) is 9.33. The standard InChI is InChI=1S/C20H22F3N3O4/c1-19(2,3)30-18(29)26-8-6-25(7-9-26)16-13-5-4-12(20(21,22)23)10-15(13)24-11-14(16)17(27)28/h4-5,10-11H,6-9H2,1-3H3,(H,27,28). The minimum atomic E-state index is -4.53. The molecule has 0 aliphatic carbocycles. The zero-order valence-corrected chi connectivity index (χ0v) is 16.8. The number of fused-ring (bicyclic) bond motifs is 1. The summed E-state index contributed by atoms with van der Waals surface area (Å²) in [7, 11) is 0. The number of carboxylic acids is 1. The van der Waals surface area contributed by atoms with Gasteiger partial charge >= 0.3 is 18.2 Å². The van der Waals surface area contributed by atoms with Gasteiger partial charge in [-0.3, -0.25) is 4.98 Å². The molecule has 1 N–H and O–H groups in total. The topological polar surface area (TPSA) is 83.0 Å². The van der Waals surface area contributed by atoms with Crippen LogP contribution in [0.5, 0.6) is 0 Å². The Labute approximate surface area is 171 Å². The van der Waals surface area contributed by atoms with E-state index in [-0.39, 0.29) is 11.1 Å². The first kappa shape index (κ1) is 21.7. The molecule has 10 heteroatoms. The second-order valence-electron chi connectivity index (χ2n) is 8.01. The summed E-state index contributed by atoms with van der Waals surface area (Å²) in [6, 6.07) is 3.06. The summed E-state index contributed by atoms with van der Waals surface area (Å²) >= 11 is 0. The SMILES string of the molecule is CC(C)(C)OC(=O)N1CCN(c2c(C(=O)O)cnc3cc(C(F)(F)F)ccc23)CC1. The summed E-state index contributed by atoms with van der Waals surface area (Å²) in [6.07, 6.45) is -3.92. The van der Waals surface area contributed by atoms with Gasteiger partial charge in [-0.25, -0.2) is 9.59 Å². The van der Waals surface area contributed by atoms with Crippen molar-refractivity contribution >= 4 is 28.7 Å². The number of anilines is 1. The van der Waals surface area contributed by atoms with Crippen LogP contribution in [0.15, 0.2) is 24.4 Å². The molecule has 30 heavy (non-hydrogen) atoms. The fourth-order valence-electron chi connectivity index (χ4n) is 3.29. The summed E-state index contributed by atoms with van der Waals surface area (Å²) in [5, 5.41) is 9.89. The first-order chi connectivity index (χ1) is 13.9. The predicted octanol–water partition coefficient (Wildman–Crippen LogP) is 4.01. The second-order valence-corrected chi connectivity index (χ2v) is 8.01. The summed E-state index contributed by atoms with van der Waals surface area (Å²) in [4.78, 5) is 31.2. The molecule has 2 heterocycles. The summed E-state index contributed by atoms with van der Waals surface area (Å²) in [5.74, 6) is -1.23. The summed E-state index contributed by atoms with van der Waals surface area (Å²) in [5.41, 5.74) is -1.24. The van der Waals surface area contributed by atoms with Crippen molar-refractivity contribution in [2.24, 2.45) is 0 Å². The van der Waals surface area contributed by atoms with Crippen molar-refractivity contribution in [3.05, 3.63) is 35.5 Å². The van der Waals surface area contributed by atoms with E-state index >= 15 is 0 Å². The molecule has 1 amide bonds. The Morgan fingerprint density at radius 1 is 1.10 bits per heavy atom. The molecular formula is C20H22F3N3O4. The van der Waals surface area contributed by atoms with Crippen molar-refractivity contribution in [3.63, 3.8) is 0 Å². The molecule has 1 saturated heterocycles. The van der Waals surface area contributed by atoms with Crippen molar-refractivity contribution < 1.29 is 32.6 Å². The lowest BCUT2D eigenvalue weighted by atomic mass is 10.0. The van der Waals surface area contributed by atoms with Crippen molar-refractivity contribution in [2.75, 3.05) is 31.1 Å². The number of halogens is 3. The van der Waals surface area contributed by atoms with Gasteiger partial charge in [0.05, 0.1) is 16.8 Å². The number of rotatable bonds is 2. The number of piperazine rings is 1. The number of aromatic nitrogens is 1. The maximum Gasteiger partial charge on any atom is 0.416 e. The van der Waals surface area contributed by atoms with Crippen LogP contribution in [0.4, 0.5) is 23.7 Å². The summed E-state index contributed by atoms with van der Waals surface area (Å²) in [6.45, 7) is 6.48. The smallest absolute Gasteiger partial charge is 0.416 e. The van der Waals surface area contributed by atoms with Crippen LogP contribution in [0, 0.1) is 0 Å². The quantitative estimate of drug-likeness (QED) is 0.783. The Morgan fingerprint density at radius 2 is 1.73 bits per heavy atom. The second kappa shape index (κ2) is 7.66. The molecule has 0 atom stereocenters. The van der Waals surface area contributed by atoms with Gasteiger partial charge in [-0.1, -0.05) is 6.07 Å². The molecule has 1 aliphatic heterocycles.